The van der Waals surface area contributed by atoms with Crippen LogP contribution in [0.25, 0.3) is 6.08 Å². The molecule has 2 N–H and O–H groups in total. The second-order valence-corrected chi connectivity index (χ2v) is 7.47. The first-order chi connectivity index (χ1) is 12.3. The number of amides is 1. The number of hydrogen-bond acceptors (Lipinski definition) is 5. The Labute approximate surface area is 154 Å². The molecular formula is C18H26N2O5S. The predicted molar refractivity (Wildman–Crippen MR) is 101 cm³/mol. The van der Waals surface area contributed by atoms with Crippen LogP contribution in [0.1, 0.15) is 37.8 Å². The molecule has 0 aliphatic carbocycles. The number of nitrogens with one attached hydrogen (secondary N) is 2. The Morgan fingerprint density at radius 1 is 1.15 bits per heavy atom. The number of rotatable bonds is 10. The third-order valence-electron chi connectivity index (χ3n) is 3.65. The summed E-state index contributed by atoms with van der Waals surface area (Å²) in [5, 5.41) is 3.70. The number of carbonyl (C=O) groups excluding carboxylic acids is 2. The van der Waals surface area contributed by atoms with Gasteiger partial charge in [0, 0.05) is 11.4 Å². The van der Waals surface area contributed by atoms with Gasteiger partial charge >= 0.3 is 5.97 Å². The van der Waals surface area contributed by atoms with Gasteiger partial charge in [0.15, 0.2) is 6.61 Å². The minimum absolute atomic E-state index is 0.0339. The van der Waals surface area contributed by atoms with Gasteiger partial charge in [0.25, 0.3) is 5.91 Å². The average molecular weight is 382 g/mol. The fourth-order valence-electron chi connectivity index (χ4n) is 2.01. The van der Waals surface area contributed by atoms with Crippen molar-refractivity contribution in [1.82, 2.24) is 10.0 Å². The number of ether oxygens (including phenoxy) is 1. The van der Waals surface area contributed by atoms with Crippen molar-refractivity contribution in [3.8, 4) is 0 Å². The van der Waals surface area contributed by atoms with E-state index >= 15 is 0 Å². The number of benzene rings is 1. The van der Waals surface area contributed by atoms with E-state index in [1.54, 1.807) is 12.1 Å². The van der Waals surface area contributed by atoms with E-state index in [2.05, 4.69) is 10.0 Å². The second-order valence-electron chi connectivity index (χ2n) is 5.82. The first-order valence-corrected chi connectivity index (χ1v) is 9.99. The summed E-state index contributed by atoms with van der Waals surface area (Å²) in [6.07, 6.45) is 2.99. The number of aryl methyl sites for hydroxylation is 1. The lowest BCUT2D eigenvalue weighted by Gasteiger charge is -2.14. The molecule has 0 unspecified atom stereocenters. The van der Waals surface area contributed by atoms with Crippen LogP contribution in [0.4, 0.5) is 0 Å². The highest BCUT2D eigenvalue weighted by atomic mass is 32.2. The lowest BCUT2D eigenvalue weighted by atomic mass is 10.2. The van der Waals surface area contributed by atoms with Crippen LogP contribution >= 0.6 is 0 Å². The fourth-order valence-corrected chi connectivity index (χ4v) is 2.76. The maximum atomic E-state index is 11.9. The Kier molecular flexibility index (Phi) is 9.01. The Bertz CT molecular complexity index is 722. The molecule has 0 aliphatic heterocycles. The van der Waals surface area contributed by atoms with Crippen molar-refractivity contribution in [3.63, 3.8) is 0 Å². The van der Waals surface area contributed by atoms with Gasteiger partial charge in [-0.15, -0.1) is 0 Å². The van der Waals surface area contributed by atoms with Crippen LogP contribution in [0.2, 0.25) is 0 Å². The van der Waals surface area contributed by atoms with Crippen LogP contribution in [-0.2, 0) is 24.3 Å². The highest BCUT2D eigenvalue weighted by molar-refractivity contribution is 7.92. The van der Waals surface area contributed by atoms with Crippen molar-refractivity contribution in [1.29, 1.82) is 0 Å². The second kappa shape index (κ2) is 10.7. The molecule has 7 nitrogen and oxygen atoms in total. The summed E-state index contributed by atoms with van der Waals surface area (Å²) in [6, 6.07) is 7.34. The predicted octanol–water partition coefficient (Wildman–Crippen LogP) is 1.73. The molecule has 0 heterocycles. The van der Waals surface area contributed by atoms with Gasteiger partial charge in [-0.2, -0.15) is 0 Å². The first-order valence-electron chi connectivity index (χ1n) is 8.45. The normalized spacial score (nSPS) is 11.7. The van der Waals surface area contributed by atoms with Crippen LogP contribution < -0.4 is 10.0 Å². The van der Waals surface area contributed by atoms with Crippen LogP contribution in [-0.4, -0.2) is 39.5 Å². The van der Waals surface area contributed by atoms with Crippen molar-refractivity contribution in [2.75, 3.05) is 13.2 Å². The molecule has 0 radical (unpaired) electrons. The lowest BCUT2D eigenvalue weighted by Crippen LogP contribution is -2.38. The van der Waals surface area contributed by atoms with Gasteiger partial charge in [0.05, 0.1) is 0 Å². The van der Waals surface area contributed by atoms with Gasteiger partial charge in [0.2, 0.25) is 10.0 Å². The van der Waals surface area contributed by atoms with Crippen LogP contribution in [0.5, 0.6) is 0 Å². The van der Waals surface area contributed by atoms with E-state index in [1.165, 1.54) is 6.08 Å². The van der Waals surface area contributed by atoms with E-state index in [1.807, 2.05) is 32.9 Å². The van der Waals surface area contributed by atoms with E-state index in [4.69, 9.17) is 4.74 Å². The zero-order valence-corrected chi connectivity index (χ0v) is 16.1. The number of sulfonamides is 1. The molecule has 1 rings (SSSR count). The van der Waals surface area contributed by atoms with Gasteiger partial charge in [-0.05, 0) is 31.4 Å². The molecule has 1 aromatic carbocycles. The van der Waals surface area contributed by atoms with Crippen LogP contribution in [0.3, 0.4) is 0 Å². The molecule has 0 fully saturated rings. The molecule has 0 saturated heterocycles. The van der Waals surface area contributed by atoms with Gasteiger partial charge in [-0.3, -0.25) is 9.59 Å². The minimum atomic E-state index is -3.78. The number of esters is 1. The molecule has 0 aromatic heterocycles. The monoisotopic (exact) mass is 382 g/mol. The summed E-state index contributed by atoms with van der Waals surface area (Å²) in [5.41, 5.74) is 1.79. The third kappa shape index (κ3) is 8.77. The Morgan fingerprint density at radius 3 is 2.35 bits per heavy atom. The summed E-state index contributed by atoms with van der Waals surface area (Å²) in [4.78, 5) is 23.2. The Morgan fingerprint density at radius 2 is 1.77 bits per heavy atom. The first kappa shape index (κ1) is 21.9. The summed E-state index contributed by atoms with van der Waals surface area (Å²) in [7, 11) is -3.78. The van der Waals surface area contributed by atoms with Crippen molar-refractivity contribution in [2.45, 2.75) is 39.7 Å². The van der Waals surface area contributed by atoms with E-state index in [0.717, 1.165) is 29.4 Å². The molecule has 8 heteroatoms. The van der Waals surface area contributed by atoms with Gasteiger partial charge in [-0.25, -0.2) is 13.1 Å². The number of carbonyl (C=O) groups is 2. The van der Waals surface area contributed by atoms with Crippen molar-refractivity contribution >= 4 is 28.0 Å². The van der Waals surface area contributed by atoms with Crippen LogP contribution in [0.15, 0.2) is 29.7 Å². The maximum absolute atomic E-state index is 11.9. The molecule has 0 atom stereocenters. The SMILES string of the molecule is CCC(CC)NC(=O)COC(=O)CNS(=O)(=O)/C=C/c1ccc(C)cc1. The van der Waals surface area contributed by atoms with Gasteiger partial charge in [0.1, 0.15) is 6.54 Å². The van der Waals surface area contributed by atoms with Crippen molar-refractivity contribution in [2.24, 2.45) is 0 Å². The molecular weight excluding hydrogens is 356 g/mol. The standard InChI is InChI=1S/C18H26N2O5S/c1-4-16(5-2)20-17(21)13-25-18(22)12-19-26(23,24)11-10-15-8-6-14(3)7-9-15/h6-11,16,19H,4-5,12-13H2,1-3H3,(H,20,21)/b11-10+. The Hall–Kier alpha value is -2.19. The molecule has 26 heavy (non-hydrogen) atoms. The maximum Gasteiger partial charge on any atom is 0.321 e. The topological polar surface area (TPSA) is 102 Å². The highest BCUT2D eigenvalue weighted by Gasteiger charge is 2.13. The smallest absolute Gasteiger partial charge is 0.321 e. The molecule has 144 valence electrons. The minimum Gasteiger partial charge on any atom is -0.455 e. The molecule has 0 bridgehead atoms. The van der Waals surface area contributed by atoms with Gasteiger partial charge in [-0.1, -0.05) is 43.7 Å². The van der Waals surface area contributed by atoms with E-state index in [0.29, 0.717) is 0 Å². The number of hydrogen-bond donors (Lipinski definition) is 2. The largest absolute Gasteiger partial charge is 0.455 e. The van der Waals surface area contributed by atoms with Crippen molar-refractivity contribution < 1.29 is 22.7 Å². The van der Waals surface area contributed by atoms with E-state index < -0.39 is 35.1 Å². The van der Waals surface area contributed by atoms with E-state index in [-0.39, 0.29) is 6.04 Å². The molecule has 1 amide bonds. The molecule has 0 spiro atoms. The highest BCUT2D eigenvalue weighted by Crippen LogP contribution is 2.06. The Balaban J connectivity index is 2.40. The quantitative estimate of drug-likeness (QED) is 0.600. The van der Waals surface area contributed by atoms with Crippen LogP contribution in [0, 0.1) is 6.92 Å². The average Bonchev–Trinajstić information content (AvgIpc) is 2.62. The van der Waals surface area contributed by atoms with Crippen molar-refractivity contribution in [3.05, 3.63) is 40.8 Å². The molecule has 0 saturated carbocycles. The fraction of sp³-hybridized carbons (Fsp3) is 0.444. The van der Waals surface area contributed by atoms with E-state index in [9.17, 15) is 18.0 Å². The lowest BCUT2D eigenvalue weighted by molar-refractivity contribution is -0.147. The van der Waals surface area contributed by atoms with Gasteiger partial charge < -0.3 is 10.1 Å². The summed E-state index contributed by atoms with van der Waals surface area (Å²) in [5.74, 6) is -1.23. The zero-order chi connectivity index (χ0) is 19.6. The summed E-state index contributed by atoms with van der Waals surface area (Å²) in [6.45, 7) is 4.84. The zero-order valence-electron chi connectivity index (χ0n) is 15.3. The summed E-state index contributed by atoms with van der Waals surface area (Å²) < 4.78 is 30.6. The molecule has 1 aromatic rings. The third-order valence-corrected chi connectivity index (χ3v) is 4.69. The molecule has 0 aliphatic rings. The summed E-state index contributed by atoms with van der Waals surface area (Å²) >= 11 is 0.